The molecular formula is C17H18N4O. The van der Waals surface area contributed by atoms with Crippen molar-refractivity contribution in [1.29, 1.82) is 10.8 Å². The number of hydrogen-bond donors (Lipinski definition) is 4. The Bertz CT molecular complexity index is 737. The first kappa shape index (κ1) is 14.1. The van der Waals surface area contributed by atoms with Crippen LogP contribution in [0.3, 0.4) is 0 Å². The first-order valence-electron chi connectivity index (χ1n) is 7.13. The van der Waals surface area contributed by atoms with Crippen LogP contribution >= 0.6 is 0 Å². The van der Waals surface area contributed by atoms with E-state index in [1.807, 2.05) is 42.5 Å². The molecule has 0 amide bonds. The second-order valence-electron chi connectivity index (χ2n) is 5.42. The molecule has 3 rings (SSSR count). The van der Waals surface area contributed by atoms with Crippen LogP contribution in [-0.4, -0.2) is 11.7 Å². The molecule has 1 heterocycles. The SMILES string of the molecule is N=C(N)c1ccc(C2CCc3cc(C(=N)N)ccc3O2)cc1. The molecule has 0 saturated carbocycles. The zero-order valence-electron chi connectivity index (χ0n) is 12.1. The largest absolute Gasteiger partial charge is 0.485 e. The van der Waals surface area contributed by atoms with Gasteiger partial charge in [0.1, 0.15) is 23.5 Å². The van der Waals surface area contributed by atoms with E-state index in [4.69, 9.17) is 27.0 Å². The third kappa shape index (κ3) is 2.65. The van der Waals surface area contributed by atoms with E-state index in [-0.39, 0.29) is 17.8 Å². The van der Waals surface area contributed by atoms with Gasteiger partial charge in [-0.15, -0.1) is 0 Å². The Morgan fingerprint density at radius 1 is 0.955 bits per heavy atom. The summed E-state index contributed by atoms with van der Waals surface area (Å²) in [6, 6.07) is 13.2. The molecule has 0 aromatic heterocycles. The fourth-order valence-corrected chi connectivity index (χ4v) is 2.67. The summed E-state index contributed by atoms with van der Waals surface area (Å²) >= 11 is 0. The van der Waals surface area contributed by atoms with E-state index in [0.717, 1.165) is 35.3 Å². The van der Waals surface area contributed by atoms with E-state index in [0.29, 0.717) is 5.56 Å². The minimum Gasteiger partial charge on any atom is -0.485 e. The molecule has 5 heteroatoms. The molecule has 0 saturated heterocycles. The van der Waals surface area contributed by atoms with Crippen LogP contribution in [0.1, 0.15) is 34.8 Å². The molecule has 0 bridgehead atoms. The number of rotatable bonds is 3. The van der Waals surface area contributed by atoms with Crippen LogP contribution < -0.4 is 16.2 Å². The third-order valence-electron chi connectivity index (χ3n) is 3.91. The van der Waals surface area contributed by atoms with Gasteiger partial charge in [0, 0.05) is 11.1 Å². The number of nitrogens with one attached hydrogen (secondary N) is 2. The molecule has 6 N–H and O–H groups in total. The molecular weight excluding hydrogens is 276 g/mol. The minimum atomic E-state index is -0.00307. The summed E-state index contributed by atoms with van der Waals surface area (Å²) in [5, 5.41) is 14.9. The Kier molecular flexibility index (Phi) is 3.55. The molecule has 22 heavy (non-hydrogen) atoms. The van der Waals surface area contributed by atoms with Gasteiger partial charge in [-0.1, -0.05) is 24.3 Å². The topological polar surface area (TPSA) is 109 Å². The quantitative estimate of drug-likeness (QED) is 0.515. The predicted octanol–water partition coefficient (Wildman–Crippen LogP) is 2.32. The normalized spacial score (nSPS) is 16.5. The Labute approximate surface area is 128 Å². The maximum atomic E-state index is 7.49. The van der Waals surface area contributed by atoms with Gasteiger partial charge in [0.05, 0.1) is 0 Å². The highest BCUT2D eigenvalue weighted by Gasteiger charge is 2.21. The second-order valence-corrected chi connectivity index (χ2v) is 5.42. The summed E-state index contributed by atoms with van der Waals surface area (Å²) < 4.78 is 6.06. The van der Waals surface area contributed by atoms with Crippen molar-refractivity contribution >= 4 is 11.7 Å². The zero-order valence-corrected chi connectivity index (χ0v) is 12.1. The predicted molar refractivity (Wildman–Crippen MR) is 86.6 cm³/mol. The van der Waals surface area contributed by atoms with Crippen LogP contribution in [0.15, 0.2) is 42.5 Å². The molecule has 1 atom stereocenters. The third-order valence-corrected chi connectivity index (χ3v) is 3.91. The summed E-state index contributed by atoms with van der Waals surface area (Å²) in [7, 11) is 0. The molecule has 112 valence electrons. The van der Waals surface area contributed by atoms with E-state index in [1.54, 1.807) is 0 Å². The lowest BCUT2D eigenvalue weighted by Crippen LogP contribution is -2.17. The van der Waals surface area contributed by atoms with Crippen LogP contribution in [0.4, 0.5) is 0 Å². The first-order chi connectivity index (χ1) is 10.5. The van der Waals surface area contributed by atoms with Crippen molar-refractivity contribution in [2.75, 3.05) is 0 Å². The maximum Gasteiger partial charge on any atom is 0.124 e. The highest BCUT2D eigenvalue weighted by molar-refractivity contribution is 5.95. The van der Waals surface area contributed by atoms with Gasteiger partial charge >= 0.3 is 0 Å². The van der Waals surface area contributed by atoms with Crippen LogP contribution in [-0.2, 0) is 6.42 Å². The van der Waals surface area contributed by atoms with Crippen molar-refractivity contribution < 1.29 is 4.74 Å². The number of benzene rings is 2. The summed E-state index contributed by atoms with van der Waals surface area (Å²) in [6.07, 6.45) is 1.75. The lowest BCUT2D eigenvalue weighted by molar-refractivity contribution is 0.176. The van der Waals surface area contributed by atoms with Crippen LogP contribution in [0.25, 0.3) is 0 Å². The lowest BCUT2D eigenvalue weighted by Gasteiger charge is -2.27. The fourth-order valence-electron chi connectivity index (χ4n) is 2.67. The summed E-state index contributed by atoms with van der Waals surface area (Å²) in [4.78, 5) is 0. The highest BCUT2D eigenvalue weighted by Crippen LogP contribution is 2.35. The maximum absolute atomic E-state index is 7.49. The lowest BCUT2D eigenvalue weighted by atomic mass is 9.95. The summed E-state index contributed by atoms with van der Waals surface area (Å²) in [5.41, 5.74) is 14.6. The summed E-state index contributed by atoms with van der Waals surface area (Å²) in [6.45, 7) is 0. The summed E-state index contributed by atoms with van der Waals surface area (Å²) in [5.74, 6) is 0.986. The molecule has 0 aliphatic carbocycles. The number of fused-ring (bicyclic) bond motifs is 1. The van der Waals surface area contributed by atoms with Crippen LogP contribution in [0.5, 0.6) is 5.75 Å². The average Bonchev–Trinajstić information content (AvgIpc) is 2.54. The van der Waals surface area contributed by atoms with E-state index in [2.05, 4.69) is 0 Å². The number of amidine groups is 2. The Morgan fingerprint density at radius 2 is 1.59 bits per heavy atom. The van der Waals surface area contributed by atoms with Crippen molar-refractivity contribution in [3.8, 4) is 5.75 Å². The zero-order chi connectivity index (χ0) is 15.7. The fraction of sp³-hybridized carbons (Fsp3) is 0.176. The molecule has 2 aromatic carbocycles. The molecule has 1 unspecified atom stereocenters. The Morgan fingerprint density at radius 3 is 2.23 bits per heavy atom. The van der Waals surface area contributed by atoms with Gasteiger partial charge in [-0.05, 0) is 42.2 Å². The molecule has 2 aromatic rings. The van der Waals surface area contributed by atoms with Gasteiger partial charge in [-0.2, -0.15) is 0 Å². The highest BCUT2D eigenvalue weighted by atomic mass is 16.5. The Hall–Kier alpha value is -2.82. The van der Waals surface area contributed by atoms with Crippen molar-refractivity contribution in [3.05, 3.63) is 64.7 Å². The molecule has 0 spiro atoms. The van der Waals surface area contributed by atoms with Gasteiger partial charge in [-0.25, -0.2) is 0 Å². The van der Waals surface area contributed by atoms with Crippen LogP contribution in [0.2, 0.25) is 0 Å². The molecule has 5 nitrogen and oxygen atoms in total. The minimum absolute atomic E-state index is 0.00307. The van der Waals surface area contributed by atoms with Crippen molar-refractivity contribution in [1.82, 2.24) is 0 Å². The average molecular weight is 294 g/mol. The van der Waals surface area contributed by atoms with Crippen molar-refractivity contribution in [2.45, 2.75) is 18.9 Å². The Balaban J connectivity index is 1.82. The standard InChI is InChI=1S/C17H18N4O/c18-16(19)11-3-1-10(2-4-11)14-7-5-12-9-13(17(20)21)6-8-15(12)22-14/h1-4,6,8-9,14H,5,7H2,(H3,18,19)(H3,20,21). The smallest absolute Gasteiger partial charge is 0.124 e. The van der Waals surface area contributed by atoms with E-state index in [9.17, 15) is 0 Å². The number of aryl methyl sites for hydroxylation is 1. The monoisotopic (exact) mass is 294 g/mol. The second kappa shape index (κ2) is 5.52. The number of ether oxygens (including phenoxy) is 1. The van der Waals surface area contributed by atoms with Gasteiger partial charge in [0.2, 0.25) is 0 Å². The van der Waals surface area contributed by atoms with Crippen LogP contribution in [0, 0.1) is 10.8 Å². The molecule has 1 aliphatic rings. The van der Waals surface area contributed by atoms with Gasteiger partial charge in [0.25, 0.3) is 0 Å². The number of nitrogens with two attached hydrogens (primary N) is 2. The molecule has 1 aliphatic heterocycles. The first-order valence-corrected chi connectivity index (χ1v) is 7.13. The molecule has 0 fully saturated rings. The van der Waals surface area contributed by atoms with Gasteiger partial charge < -0.3 is 16.2 Å². The van der Waals surface area contributed by atoms with Crippen molar-refractivity contribution in [3.63, 3.8) is 0 Å². The van der Waals surface area contributed by atoms with Gasteiger partial charge in [-0.3, -0.25) is 10.8 Å². The van der Waals surface area contributed by atoms with Crippen molar-refractivity contribution in [2.24, 2.45) is 11.5 Å². The van der Waals surface area contributed by atoms with Gasteiger partial charge in [0.15, 0.2) is 0 Å². The number of nitrogen functional groups attached to an aromatic ring is 2. The van der Waals surface area contributed by atoms with E-state index in [1.165, 1.54) is 0 Å². The number of hydrogen-bond acceptors (Lipinski definition) is 3. The van der Waals surface area contributed by atoms with E-state index >= 15 is 0 Å². The van der Waals surface area contributed by atoms with E-state index < -0.39 is 0 Å². The molecule has 0 radical (unpaired) electrons.